The van der Waals surface area contributed by atoms with Crippen LogP contribution >= 0.6 is 0 Å². The Balaban J connectivity index is 2.13. The van der Waals surface area contributed by atoms with Crippen LogP contribution in [-0.4, -0.2) is 35.8 Å². The zero-order chi connectivity index (χ0) is 14.2. The molecule has 2 rings (SSSR count). The van der Waals surface area contributed by atoms with Gasteiger partial charge in [-0.1, -0.05) is 25.8 Å². The monoisotopic (exact) mass is 277 g/mol. The average molecular weight is 277 g/mol. The quantitative estimate of drug-likeness (QED) is 0.716. The lowest BCUT2D eigenvalue weighted by Gasteiger charge is -2.31. The van der Waals surface area contributed by atoms with Gasteiger partial charge in [0.25, 0.3) is 0 Å². The Labute approximate surface area is 122 Å². The Morgan fingerprint density at radius 2 is 2.20 bits per heavy atom. The van der Waals surface area contributed by atoms with Crippen molar-refractivity contribution in [2.45, 2.75) is 51.6 Å². The topological polar surface area (TPSA) is 48.4 Å². The van der Waals surface area contributed by atoms with Gasteiger partial charge in [0.1, 0.15) is 5.82 Å². The molecule has 1 aromatic rings. The van der Waals surface area contributed by atoms with Gasteiger partial charge in [0, 0.05) is 30.9 Å². The molecule has 0 radical (unpaired) electrons. The van der Waals surface area contributed by atoms with Gasteiger partial charge in [0.15, 0.2) is 0 Å². The lowest BCUT2D eigenvalue weighted by atomic mass is 10.1. The van der Waals surface area contributed by atoms with Crippen LogP contribution in [0.5, 0.6) is 0 Å². The highest BCUT2D eigenvalue weighted by molar-refractivity contribution is 5.48. The molecule has 4 heteroatoms. The Morgan fingerprint density at radius 3 is 2.90 bits per heavy atom. The normalized spacial score (nSPS) is 15.7. The average Bonchev–Trinajstić information content (AvgIpc) is 3.00. The highest BCUT2D eigenvalue weighted by atomic mass is 16.3. The van der Waals surface area contributed by atoms with E-state index in [0.717, 1.165) is 25.3 Å². The van der Waals surface area contributed by atoms with Gasteiger partial charge < -0.3 is 15.3 Å². The fourth-order valence-electron chi connectivity index (χ4n) is 3.01. The van der Waals surface area contributed by atoms with Crippen LogP contribution in [0, 0.1) is 0 Å². The molecule has 0 bridgehead atoms. The third-order valence-electron chi connectivity index (χ3n) is 3.99. The highest BCUT2D eigenvalue weighted by Crippen LogP contribution is 2.28. The summed E-state index contributed by atoms with van der Waals surface area (Å²) in [5, 5.41) is 12.8. The van der Waals surface area contributed by atoms with E-state index in [-0.39, 0.29) is 6.61 Å². The fourth-order valence-corrected chi connectivity index (χ4v) is 3.01. The number of hydrogen-bond acceptors (Lipinski definition) is 4. The van der Waals surface area contributed by atoms with Gasteiger partial charge in [0.2, 0.25) is 0 Å². The predicted octanol–water partition coefficient (Wildman–Crippen LogP) is 2.32. The summed E-state index contributed by atoms with van der Waals surface area (Å²) in [6.45, 7) is 4.93. The first-order valence-electron chi connectivity index (χ1n) is 7.89. The van der Waals surface area contributed by atoms with Crippen molar-refractivity contribution in [2.75, 3.05) is 24.6 Å². The van der Waals surface area contributed by atoms with Crippen molar-refractivity contribution in [1.82, 2.24) is 10.3 Å². The number of aliphatic hydroxyl groups is 1. The third kappa shape index (κ3) is 3.93. The van der Waals surface area contributed by atoms with E-state index >= 15 is 0 Å². The number of nitrogens with zero attached hydrogens (tertiary/aromatic N) is 2. The van der Waals surface area contributed by atoms with Crippen LogP contribution in [0.2, 0.25) is 0 Å². The number of pyridine rings is 1. The molecule has 4 nitrogen and oxygen atoms in total. The Kier molecular flexibility index (Phi) is 6.27. The summed E-state index contributed by atoms with van der Waals surface area (Å²) in [7, 11) is 0. The summed E-state index contributed by atoms with van der Waals surface area (Å²) in [6, 6.07) is 4.68. The minimum absolute atomic E-state index is 0.189. The molecule has 1 heterocycles. The lowest BCUT2D eigenvalue weighted by Crippen LogP contribution is -2.37. The molecule has 1 aromatic heterocycles. The number of rotatable bonds is 8. The smallest absolute Gasteiger partial charge is 0.133 e. The van der Waals surface area contributed by atoms with Gasteiger partial charge in [-0.05, 0) is 31.9 Å². The van der Waals surface area contributed by atoms with Crippen molar-refractivity contribution in [3.8, 4) is 0 Å². The SMILES string of the molecule is CCCNCc1cccnc1N(CCO)C1CCCC1. The largest absolute Gasteiger partial charge is 0.395 e. The second-order valence-corrected chi connectivity index (χ2v) is 5.52. The first-order chi connectivity index (χ1) is 9.86. The maximum absolute atomic E-state index is 9.38. The van der Waals surface area contributed by atoms with Gasteiger partial charge in [-0.3, -0.25) is 0 Å². The van der Waals surface area contributed by atoms with Crippen LogP contribution in [0.25, 0.3) is 0 Å². The molecule has 0 unspecified atom stereocenters. The van der Waals surface area contributed by atoms with Gasteiger partial charge in [-0.2, -0.15) is 0 Å². The van der Waals surface area contributed by atoms with Crippen LogP contribution in [0.1, 0.15) is 44.6 Å². The van der Waals surface area contributed by atoms with E-state index in [9.17, 15) is 5.11 Å². The molecular formula is C16H27N3O. The molecule has 0 aromatic carbocycles. The second-order valence-electron chi connectivity index (χ2n) is 5.52. The summed E-state index contributed by atoms with van der Waals surface area (Å²) in [6.07, 6.45) is 8.03. The molecular weight excluding hydrogens is 250 g/mol. The maximum atomic E-state index is 9.38. The first kappa shape index (κ1) is 15.3. The zero-order valence-corrected chi connectivity index (χ0v) is 12.5. The highest BCUT2D eigenvalue weighted by Gasteiger charge is 2.24. The summed E-state index contributed by atoms with van der Waals surface area (Å²) in [5.74, 6) is 1.05. The van der Waals surface area contributed by atoms with Crippen molar-refractivity contribution in [3.63, 3.8) is 0 Å². The summed E-state index contributed by atoms with van der Waals surface area (Å²) >= 11 is 0. The number of hydrogen-bond donors (Lipinski definition) is 2. The molecule has 1 fully saturated rings. The second kappa shape index (κ2) is 8.22. The van der Waals surface area contributed by atoms with E-state index in [1.165, 1.54) is 31.2 Å². The van der Waals surface area contributed by atoms with Gasteiger partial charge in [-0.15, -0.1) is 0 Å². The van der Waals surface area contributed by atoms with E-state index in [4.69, 9.17) is 0 Å². The molecule has 2 N–H and O–H groups in total. The van der Waals surface area contributed by atoms with Crippen molar-refractivity contribution >= 4 is 5.82 Å². The van der Waals surface area contributed by atoms with E-state index in [0.29, 0.717) is 12.6 Å². The molecule has 1 aliphatic rings. The zero-order valence-electron chi connectivity index (χ0n) is 12.5. The molecule has 0 saturated heterocycles. The van der Waals surface area contributed by atoms with Crippen molar-refractivity contribution in [3.05, 3.63) is 23.9 Å². The standard InChI is InChI=1S/C16H27N3O/c1-2-9-17-13-14-6-5-10-18-16(14)19(11-12-20)15-7-3-4-8-15/h5-6,10,15,17,20H,2-4,7-9,11-13H2,1H3. The van der Waals surface area contributed by atoms with Gasteiger partial charge in [0.05, 0.1) is 6.61 Å². The van der Waals surface area contributed by atoms with Crippen LogP contribution < -0.4 is 10.2 Å². The minimum atomic E-state index is 0.189. The Morgan fingerprint density at radius 1 is 1.40 bits per heavy atom. The predicted molar refractivity (Wildman–Crippen MR) is 82.9 cm³/mol. The molecule has 0 amide bonds. The Hall–Kier alpha value is -1.13. The van der Waals surface area contributed by atoms with Crippen LogP contribution in [-0.2, 0) is 6.54 Å². The van der Waals surface area contributed by atoms with Crippen molar-refractivity contribution < 1.29 is 5.11 Å². The van der Waals surface area contributed by atoms with Crippen molar-refractivity contribution in [1.29, 1.82) is 0 Å². The summed E-state index contributed by atoms with van der Waals surface area (Å²) in [4.78, 5) is 6.91. The first-order valence-corrected chi connectivity index (χ1v) is 7.89. The van der Waals surface area contributed by atoms with E-state index < -0.39 is 0 Å². The van der Waals surface area contributed by atoms with E-state index in [1.54, 1.807) is 0 Å². The van der Waals surface area contributed by atoms with Gasteiger partial charge in [-0.25, -0.2) is 4.98 Å². The third-order valence-corrected chi connectivity index (χ3v) is 3.99. The fraction of sp³-hybridized carbons (Fsp3) is 0.688. The molecule has 0 aliphatic heterocycles. The molecule has 0 atom stereocenters. The van der Waals surface area contributed by atoms with Gasteiger partial charge >= 0.3 is 0 Å². The van der Waals surface area contributed by atoms with Crippen LogP contribution in [0.3, 0.4) is 0 Å². The molecule has 1 saturated carbocycles. The minimum Gasteiger partial charge on any atom is -0.395 e. The number of nitrogens with one attached hydrogen (secondary N) is 1. The lowest BCUT2D eigenvalue weighted by molar-refractivity contribution is 0.296. The molecule has 112 valence electrons. The number of aliphatic hydroxyl groups excluding tert-OH is 1. The molecule has 1 aliphatic carbocycles. The molecule has 20 heavy (non-hydrogen) atoms. The summed E-state index contributed by atoms with van der Waals surface area (Å²) < 4.78 is 0. The van der Waals surface area contributed by atoms with Crippen LogP contribution in [0.15, 0.2) is 18.3 Å². The van der Waals surface area contributed by atoms with Crippen molar-refractivity contribution in [2.24, 2.45) is 0 Å². The number of anilines is 1. The molecule has 0 spiro atoms. The van der Waals surface area contributed by atoms with E-state index in [1.807, 2.05) is 12.3 Å². The summed E-state index contributed by atoms with van der Waals surface area (Å²) in [5.41, 5.74) is 1.24. The maximum Gasteiger partial charge on any atom is 0.133 e. The number of aromatic nitrogens is 1. The van der Waals surface area contributed by atoms with E-state index in [2.05, 4.69) is 28.2 Å². The van der Waals surface area contributed by atoms with Crippen LogP contribution in [0.4, 0.5) is 5.82 Å². The Bertz CT molecular complexity index is 391.